The summed E-state index contributed by atoms with van der Waals surface area (Å²) in [6.45, 7) is 0. The molecule has 0 fully saturated rings. The molecule has 29 heavy (non-hydrogen) atoms. The largest absolute Gasteiger partial charge is 0.358 e. The van der Waals surface area contributed by atoms with Crippen LogP contribution in [-0.2, 0) is 22.4 Å². The molecule has 0 spiro atoms. The van der Waals surface area contributed by atoms with Gasteiger partial charge < -0.3 is 16.0 Å². The van der Waals surface area contributed by atoms with E-state index in [-0.39, 0.29) is 18.1 Å². The van der Waals surface area contributed by atoms with Gasteiger partial charge in [-0.2, -0.15) is 0 Å². The molecule has 5 nitrogen and oxygen atoms in total. The summed E-state index contributed by atoms with van der Waals surface area (Å²) in [7, 11) is 0. The number of carbonyl (C=O) groups excluding carboxylic acids is 2. The molecule has 0 aliphatic heterocycles. The first-order valence-corrected chi connectivity index (χ1v) is 9.69. The highest BCUT2D eigenvalue weighted by atomic mass is 16.2. The first kappa shape index (κ1) is 20.4. The lowest BCUT2D eigenvalue weighted by atomic mass is 9.99. The van der Waals surface area contributed by atoms with E-state index < -0.39 is 12.1 Å². The highest BCUT2D eigenvalue weighted by molar-refractivity contribution is 5.91. The Balaban J connectivity index is 1.67. The summed E-state index contributed by atoms with van der Waals surface area (Å²) in [6.07, 6.45) is 6.63. The molecule has 0 radical (unpaired) electrons. The van der Waals surface area contributed by atoms with Gasteiger partial charge in [0, 0.05) is 30.5 Å². The van der Waals surface area contributed by atoms with Gasteiger partial charge in [0.1, 0.15) is 0 Å². The monoisotopic (exact) mass is 387 g/mol. The average molecular weight is 387 g/mol. The molecule has 0 saturated carbocycles. The number of fused-ring (bicyclic) bond motifs is 1. The Kier molecular flexibility index (Phi) is 6.83. The molecule has 2 aromatic carbocycles. The Bertz CT molecular complexity index is 984. The van der Waals surface area contributed by atoms with Gasteiger partial charge in [0.15, 0.2) is 5.78 Å². The van der Waals surface area contributed by atoms with Crippen molar-refractivity contribution in [3.8, 4) is 12.3 Å². The van der Waals surface area contributed by atoms with Gasteiger partial charge in [-0.3, -0.25) is 9.59 Å². The standard InChI is InChI=1S/C24H25N3O2/c1-2-3-13-23(28)22(14-17-9-5-4-6-10-17)27-24(29)20(25)16-19-15-18-11-7-8-12-21(18)26-19/h1,4-12,15,20,22,26H,3,13-14,16,25H2,(H,27,29)/t20-,22-/m0/s1. The Morgan fingerprint density at radius 2 is 1.79 bits per heavy atom. The molecule has 0 aliphatic rings. The lowest BCUT2D eigenvalue weighted by Crippen LogP contribution is -2.50. The maximum absolute atomic E-state index is 12.7. The van der Waals surface area contributed by atoms with E-state index in [1.165, 1.54) is 0 Å². The molecule has 0 bridgehead atoms. The number of H-pyrrole nitrogens is 1. The number of aromatic nitrogens is 1. The summed E-state index contributed by atoms with van der Waals surface area (Å²) >= 11 is 0. The van der Waals surface area contributed by atoms with E-state index in [2.05, 4.69) is 16.2 Å². The molecule has 0 unspecified atom stereocenters. The number of Topliss-reactive ketones (excluding diaryl/α,β-unsaturated/α-hetero) is 1. The molecule has 148 valence electrons. The molecule has 0 saturated heterocycles. The predicted molar refractivity (Wildman–Crippen MR) is 115 cm³/mol. The zero-order valence-corrected chi connectivity index (χ0v) is 16.2. The number of amides is 1. The molecule has 1 amide bonds. The van der Waals surface area contributed by atoms with Gasteiger partial charge in [-0.1, -0.05) is 48.5 Å². The van der Waals surface area contributed by atoms with Crippen molar-refractivity contribution in [2.24, 2.45) is 5.73 Å². The van der Waals surface area contributed by atoms with Crippen LogP contribution >= 0.6 is 0 Å². The second-order valence-corrected chi connectivity index (χ2v) is 7.11. The summed E-state index contributed by atoms with van der Waals surface area (Å²) in [5.41, 5.74) is 8.99. The summed E-state index contributed by atoms with van der Waals surface area (Å²) in [5, 5.41) is 3.90. The quantitative estimate of drug-likeness (QED) is 0.493. The second kappa shape index (κ2) is 9.72. The lowest BCUT2D eigenvalue weighted by Gasteiger charge is -2.20. The minimum atomic E-state index is -0.762. The Hall–Kier alpha value is -3.36. The Labute approximate surface area is 170 Å². The van der Waals surface area contributed by atoms with Crippen LogP contribution in [0.15, 0.2) is 60.7 Å². The molecular formula is C24H25N3O2. The number of rotatable bonds is 9. The van der Waals surface area contributed by atoms with Gasteiger partial charge in [0.05, 0.1) is 12.1 Å². The van der Waals surface area contributed by atoms with Crippen LogP contribution in [-0.4, -0.2) is 28.8 Å². The van der Waals surface area contributed by atoms with Crippen molar-refractivity contribution in [2.75, 3.05) is 0 Å². The van der Waals surface area contributed by atoms with Crippen LogP contribution in [0.2, 0.25) is 0 Å². The number of hydrogen-bond donors (Lipinski definition) is 3. The first-order valence-electron chi connectivity index (χ1n) is 9.69. The van der Waals surface area contributed by atoms with E-state index in [9.17, 15) is 9.59 Å². The van der Waals surface area contributed by atoms with Gasteiger partial charge in [0.25, 0.3) is 0 Å². The summed E-state index contributed by atoms with van der Waals surface area (Å²) < 4.78 is 0. The van der Waals surface area contributed by atoms with Crippen LogP contribution in [0.1, 0.15) is 24.1 Å². The zero-order chi connectivity index (χ0) is 20.6. The van der Waals surface area contributed by atoms with E-state index in [4.69, 9.17) is 12.2 Å². The fourth-order valence-corrected chi connectivity index (χ4v) is 3.32. The van der Waals surface area contributed by atoms with E-state index >= 15 is 0 Å². The topological polar surface area (TPSA) is 88.0 Å². The minimum Gasteiger partial charge on any atom is -0.358 e. The smallest absolute Gasteiger partial charge is 0.237 e. The molecule has 4 N–H and O–H groups in total. The van der Waals surface area contributed by atoms with Crippen molar-refractivity contribution in [3.05, 3.63) is 71.9 Å². The van der Waals surface area contributed by atoms with Crippen molar-refractivity contribution in [1.29, 1.82) is 0 Å². The first-order chi connectivity index (χ1) is 14.1. The maximum Gasteiger partial charge on any atom is 0.237 e. The Morgan fingerprint density at radius 3 is 2.52 bits per heavy atom. The third-order valence-corrected chi connectivity index (χ3v) is 4.87. The van der Waals surface area contributed by atoms with Crippen molar-refractivity contribution in [2.45, 2.75) is 37.8 Å². The van der Waals surface area contributed by atoms with Gasteiger partial charge in [-0.25, -0.2) is 0 Å². The van der Waals surface area contributed by atoms with Crippen LogP contribution < -0.4 is 11.1 Å². The van der Waals surface area contributed by atoms with E-state index in [0.29, 0.717) is 19.3 Å². The third-order valence-electron chi connectivity index (χ3n) is 4.87. The van der Waals surface area contributed by atoms with Crippen molar-refractivity contribution < 1.29 is 9.59 Å². The number of para-hydroxylation sites is 1. The molecule has 0 aliphatic carbocycles. The molecular weight excluding hydrogens is 362 g/mol. The normalized spacial score (nSPS) is 12.8. The van der Waals surface area contributed by atoms with E-state index in [1.807, 2.05) is 60.7 Å². The fraction of sp³-hybridized carbons (Fsp3) is 0.250. The third kappa shape index (κ3) is 5.56. The maximum atomic E-state index is 12.7. The number of ketones is 1. The Morgan fingerprint density at radius 1 is 1.07 bits per heavy atom. The van der Waals surface area contributed by atoms with Crippen LogP contribution in [0.4, 0.5) is 0 Å². The fourth-order valence-electron chi connectivity index (χ4n) is 3.32. The summed E-state index contributed by atoms with van der Waals surface area (Å²) in [6, 6.07) is 18.0. The minimum absolute atomic E-state index is 0.0852. The van der Waals surface area contributed by atoms with E-state index in [0.717, 1.165) is 22.2 Å². The number of aromatic amines is 1. The van der Waals surface area contributed by atoms with Crippen molar-refractivity contribution in [3.63, 3.8) is 0 Å². The molecule has 5 heteroatoms. The number of carbonyl (C=O) groups is 2. The van der Waals surface area contributed by atoms with Crippen molar-refractivity contribution >= 4 is 22.6 Å². The molecule has 3 aromatic rings. The molecule has 3 rings (SSSR count). The summed E-state index contributed by atoms with van der Waals surface area (Å²) in [4.78, 5) is 28.6. The number of terminal acetylenes is 1. The number of benzene rings is 2. The van der Waals surface area contributed by atoms with Crippen LogP contribution in [0.25, 0.3) is 10.9 Å². The average Bonchev–Trinajstić information content (AvgIpc) is 3.14. The second-order valence-electron chi connectivity index (χ2n) is 7.11. The predicted octanol–water partition coefficient (Wildman–Crippen LogP) is 2.75. The summed E-state index contributed by atoms with van der Waals surface area (Å²) in [5.74, 6) is 2.04. The zero-order valence-electron chi connectivity index (χ0n) is 16.2. The van der Waals surface area contributed by atoms with Crippen LogP contribution in [0.5, 0.6) is 0 Å². The van der Waals surface area contributed by atoms with Crippen LogP contribution in [0, 0.1) is 12.3 Å². The highest BCUT2D eigenvalue weighted by Gasteiger charge is 2.24. The molecule has 2 atom stereocenters. The van der Waals surface area contributed by atoms with Crippen LogP contribution in [0.3, 0.4) is 0 Å². The SMILES string of the molecule is C#CCCC(=O)[C@H](Cc1ccccc1)NC(=O)[C@@H](N)Cc1cc2ccccc2[nH]1. The number of hydrogen-bond acceptors (Lipinski definition) is 3. The van der Waals surface area contributed by atoms with E-state index in [1.54, 1.807) is 0 Å². The van der Waals surface area contributed by atoms with Gasteiger partial charge in [-0.05, 0) is 29.5 Å². The molecule has 1 aromatic heterocycles. The number of nitrogens with two attached hydrogens (primary N) is 1. The molecule has 1 heterocycles. The lowest BCUT2D eigenvalue weighted by molar-refractivity contribution is -0.128. The van der Waals surface area contributed by atoms with Gasteiger partial charge in [-0.15, -0.1) is 12.3 Å². The van der Waals surface area contributed by atoms with Crippen molar-refractivity contribution in [1.82, 2.24) is 10.3 Å². The van der Waals surface area contributed by atoms with Gasteiger partial charge in [0.2, 0.25) is 5.91 Å². The van der Waals surface area contributed by atoms with Gasteiger partial charge >= 0.3 is 0 Å². The number of nitrogens with one attached hydrogen (secondary N) is 2. The highest BCUT2D eigenvalue weighted by Crippen LogP contribution is 2.15.